The van der Waals surface area contributed by atoms with Gasteiger partial charge in [-0.25, -0.2) is 9.97 Å². The highest BCUT2D eigenvalue weighted by atomic mass is 16.3. The van der Waals surface area contributed by atoms with Crippen LogP contribution in [0, 0.1) is 0 Å². The molecule has 0 atom stereocenters. The molecular weight excluding hydrogens is 448 g/mol. The fourth-order valence-corrected chi connectivity index (χ4v) is 4.29. The lowest BCUT2D eigenvalue weighted by atomic mass is 10.0. The molecule has 1 aliphatic rings. The van der Waals surface area contributed by atoms with Crippen LogP contribution in [-0.2, 0) is 0 Å². The SMILES string of the molecule is C=C/C(=C\N(C)C)c1cccc(-c2ncc(C(/C=N\C)=C/CC)c(NCCN3CCC(O)CC3)n2)c1. The maximum absolute atomic E-state index is 9.79. The lowest BCUT2D eigenvalue weighted by Gasteiger charge is -2.29. The van der Waals surface area contributed by atoms with Crippen molar-refractivity contribution in [2.45, 2.75) is 32.3 Å². The summed E-state index contributed by atoms with van der Waals surface area (Å²) in [7, 11) is 5.78. The van der Waals surface area contributed by atoms with E-state index in [9.17, 15) is 5.11 Å². The minimum absolute atomic E-state index is 0.162. The molecule has 1 aromatic carbocycles. The Balaban J connectivity index is 1.92. The zero-order chi connectivity index (χ0) is 25.9. The first-order valence-electron chi connectivity index (χ1n) is 12.7. The monoisotopic (exact) mass is 488 g/mol. The second-order valence-electron chi connectivity index (χ2n) is 9.24. The molecule has 2 N–H and O–H groups in total. The van der Waals surface area contributed by atoms with Gasteiger partial charge < -0.3 is 20.2 Å². The second-order valence-corrected chi connectivity index (χ2v) is 9.24. The van der Waals surface area contributed by atoms with E-state index in [0.717, 1.165) is 79.1 Å². The van der Waals surface area contributed by atoms with Gasteiger partial charge >= 0.3 is 0 Å². The number of hydrogen-bond donors (Lipinski definition) is 2. The van der Waals surface area contributed by atoms with E-state index < -0.39 is 0 Å². The van der Waals surface area contributed by atoms with Gasteiger partial charge in [0.15, 0.2) is 5.82 Å². The van der Waals surface area contributed by atoms with Crippen LogP contribution in [0.1, 0.15) is 37.3 Å². The average Bonchev–Trinajstić information content (AvgIpc) is 2.88. The molecule has 2 aromatic rings. The number of nitrogens with one attached hydrogen (secondary N) is 1. The number of allylic oxidation sites excluding steroid dienone is 4. The molecule has 7 heteroatoms. The summed E-state index contributed by atoms with van der Waals surface area (Å²) < 4.78 is 0. The third-order valence-corrected chi connectivity index (χ3v) is 6.14. The molecule has 2 heterocycles. The van der Waals surface area contributed by atoms with Crippen LogP contribution in [-0.4, -0.2) is 84.5 Å². The topological polar surface area (TPSA) is 76.9 Å². The van der Waals surface area contributed by atoms with Gasteiger partial charge in [0.1, 0.15) is 5.82 Å². The van der Waals surface area contributed by atoms with E-state index in [1.165, 1.54) is 0 Å². The number of hydrogen-bond acceptors (Lipinski definition) is 7. The number of benzene rings is 1. The zero-order valence-electron chi connectivity index (χ0n) is 22.1. The molecule has 36 heavy (non-hydrogen) atoms. The van der Waals surface area contributed by atoms with Crippen LogP contribution in [0.15, 0.2) is 60.4 Å². The van der Waals surface area contributed by atoms with Crippen molar-refractivity contribution in [3.05, 3.63) is 66.5 Å². The highest BCUT2D eigenvalue weighted by Crippen LogP contribution is 2.27. The number of likely N-dealkylation sites (tertiary alicyclic amines) is 1. The largest absolute Gasteiger partial charge is 0.393 e. The number of anilines is 1. The van der Waals surface area contributed by atoms with Crippen LogP contribution >= 0.6 is 0 Å². The molecule has 0 amide bonds. The summed E-state index contributed by atoms with van der Waals surface area (Å²) in [4.78, 5) is 18.4. The highest BCUT2D eigenvalue weighted by molar-refractivity contribution is 6.11. The minimum Gasteiger partial charge on any atom is -0.393 e. The number of aliphatic hydroxyl groups is 1. The van der Waals surface area contributed by atoms with Gasteiger partial charge in [0.25, 0.3) is 0 Å². The first kappa shape index (κ1) is 27.3. The van der Waals surface area contributed by atoms with Crippen molar-refractivity contribution in [1.82, 2.24) is 19.8 Å². The fourth-order valence-electron chi connectivity index (χ4n) is 4.29. The first-order chi connectivity index (χ1) is 17.4. The van der Waals surface area contributed by atoms with Crippen molar-refractivity contribution in [3.8, 4) is 11.4 Å². The van der Waals surface area contributed by atoms with Gasteiger partial charge in [-0.05, 0) is 36.5 Å². The van der Waals surface area contributed by atoms with Gasteiger partial charge in [-0.2, -0.15) is 0 Å². The van der Waals surface area contributed by atoms with Crippen LogP contribution < -0.4 is 5.32 Å². The smallest absolute Gasteiger partial charge is 0.161 e. The molecule has 0 aliphatic carbocycles. The van der Waals surface area contributed by atoms with Crippen molar-refractivity contribution < 1.29 is 5.11 Å². The molecule has 0 saturated carbocycles. The van der Waals surface area contributed by atoms with Crippen LogP contribution in [0.2, 0.25) is 0 Å². The Hall–Kier alpha value is -3.29. The van der Waals surface area contributed by atoms with Crippen molar-refractivity contribution in [2.75, 3.05) is 52.6 Å². The third-order valence-electron chi connectivity index (χ3n) is 6.14. The Bertz CT molecular complexity index is 1100. The van der Waals surface area contributed by atoms with Crippen molar-refractivity contribution >= 4 is 23.2 Å². The van der Waals surface area contributed by atoms with E-state index in [4.69, 9.17) is 9.97 Å². The Morgan fingerprint density at radius 2 is 2.06 bits per heavy atom. The maximum atomic E-state index is 9.79. The first-order valence-corrected chi connectivity index (χ1v) is 12.7. The molecule has 0 unspecified atom stereocenters. The van der Waals surface area contributed by atoms with Gasteiger partial charge in [-0.1, -0.05) is 43.9 Å². The lowest BCUT2D eigenvalue weighted by molar-refractivity contribution is 0.0845. The summed E-state index contributed by atoms with van der Waals surface area (Å²) in [5.74, 6) is 1.47. The third kappa shape index (κ3) is 7.60. The van der Waals surface area contributed by atoms with Crippen molar-refractivity contribution in [1.29, 1.82) is 0 Å². The number of aromatic nitrogens is 2. The normalized spacial score (nSPS) is 15.9. The van der Waals surface area contributed by atoms with Crippen LogP contribution in [0.3, 0.4) is 0 Å². The van der Waals surface area contributed by atoms with E-state index in [0.29, 0.717) is 5.82 Å². The summed E-state index contributed by atoms with van der Waals surface area (Å²) in [5.41, 5.74) is 5.00. The Labute approximate surface area is 216 Å². The molecule has 3 rings (SSSR count). The van der Waals surface area contributed by atoms with Gasteiger partial charge in [0.05, 0.1) is 6.10 Å². The van der Waals surface area contributed by atoms with Crippen LogP contribution in [0.5, 0.6) is 0 Å². The predicted molar refractivity (Wildman–Crippen MR) is 152 cm³/mol. The number of rotatable bonds is 11. The van der Waals surface area contributed by atoms with E-state index >= 15 is 0 Å². The van der Waals surface area contributed by atoms with Gasteiger partial charge in [-0.3, -0.25) is 4.99 Å². The quantitative estimate of drug-likeness (QED) is 0.356. The van der Waals surface area contributed by atoms with Crippen molar-refractivity contribution in [2.24, 2.45) is 4.99 Å². The Morgan fingerprint density at radius 1 is 1.28 bits per heavy atom. The standard InChI is InChI=1S/C29H40N6O/c1-6-9-25(19-30-3)27-20-32-28(24-11-8-10-23(18-24)22(7-2)21-34(4)5)33-29(27)31-14-17-35-15-12-26(36)13-16-35/h7-11,18-21,26,36H,2,6,12-17H2,1,3-5H3,(H,31,32,33)/b22-21+,25-9+,30-19-. The Kier molecular flexibility index (Phi) is 10.4. The maximum Gasteiger partial charge on any atom is 0.161 e. The van der Waals surface area contributed by atoms with Gasteiger partial charge in [0, 0.05) is 82.6 Å². The lowest BCUT2D eigenvalue weighted by Crippen LogP contribution is -2.38. The molecular formula is C29H40N6O. The average molecular weight is 489 g/mol. The second kappa shape index (κ2) is 13.7. The van der Waals surface area contributed by atoms with Gasteiger partial charge in [0.2, 0.25) is 0 Å². The summed E-state index contributed by atoms with van der Waals surface area (Å²) in [6, 6.07) is 8.24. The molecule has 192 valence electrons. The number of nitrogens with zero attached hydrogens (tertiary/aromatic N) is 5. The highest BCUT2D eigenvalue weighted by Gasteiger charge is 2.17. The summed E-state index contributed by atoms with van der Waals surface area (Å²) in [5, 5.41) is 13.4. The fraction of sp³-hybridized carbons (Fsp3) is 0.414. The Morgan fingerprint density at radius 3 is 2.72 bits per heavy atom. The molecule has 0 spiro atoms. The molecule has 0 bridgehead atoms. The van der Waals surface area contributed by atoms with Crippen LogP contribution in [0.4, 0.5) is 5.82 Å². The molecule has 0 radical (unpaired) electrons. The molecule has 7 nitrogen and oxygen atoms in total. The van der Waals surface area contributed by atoms with E-state index in [2.05, 4.69) is 53.1 Å². The van der Waals surface area contributed by atoms with E-state index in [1.54, 1.807) is 7.05 Å². The minimum atomic E-state index is -0.162. The number of piperidine rings is 1. The molecule has 1 aromatic heterocycles. The summed E-state index contributed by atoms with van der Waals surface area (Å²) >= 11 is 0. The molecule has 1 fully saturated rings. The van der Waals surface area contributed by atoms with Crippen LogP contribution in [0.25, 0.3) is 22.5 Å². The zero-order valence-corrected chi connectivity index (χ0v) is 22.1. The molecule has 1 aliphatic heterocycles. The predicted octanol–water partition coefficient (Wildman–Crippen LogP) is 4.59. The number of aliphatic imine (C=N–C) groups is 1. The van der Waals surface area contributed by atoms with Gasteiger partial charge in [-0.15, -0.1) is 0 Å². The number of aliphatic hydroxyl groups excluding tert-OH is 1. The summed E-state index contributed by atoms with van der Waals surface area (Å²) in [6.45, 7) is 9.59. The van der Waals surface area contributed by atoms with Crippen molar-refractivity contribution in [3.63, 3.8) is 0 Å². The summed E-state index contributed by atoms with van der Waals surface area (Å²) in [6.07, 6.45) is 12.2. The van der Waals surface area contributed by atoms with E-state index in [-0.39, 0.29) is 6.10 Å². The van der Waals surface area contributed by atoms with E-state index in [1.807, 2.05) is 49.6 Å². The molecule has 1 saturated heterocycles.